The number of ether oxygens (including phenoxy) is 1. The van der Waals surface area contributed by atoms with Crippen molar-refractivity contribution in [2.24, 2.45) is 0 Å². The Kier molecular flexibility index (Phi) is 4.75. The molecule has 1 aromatic heterocycles. The van der Waals surface area contributed by atoms with Crippen LogP contribution in [0.15, 0.2) is 12.4 Å². The predicted octanol–water partition coefficient (Wildman–Crippen LogP) is 1.91. The van der Waals surface area contributed by atoms with Crippen LogP contribution in [0.25, 0.3) is 0 Å². The highest BCUT2D eigenvalue weighted by atomic mass is 16.5. The molecule has 1 N–H and O–H groups in total. The van der Waals surface area contributed by atoms with Gasteiger partial charge in [-0.2, -0.15) is 0 Å². The van der Waals surface area contributed by atoms with Crippen molar-refractivity contribution in [2.45, 2.75) is 32.3 Å². The summed E-state index contributed by atoms with van der Waals surface area (Å²) in [5.74, 6) is 1.92. The van der Waals surface area contributed by atoms with Crippen LogP contribution in [-0.4, -0.2) is 42.8 Å². The zero-order valence-electron chi connectivity index (χ0n) is 11.2. The molecular formula is C13H22N4O. The molecule has 0 atom stereocenters. The Hall–Kier alpha value is -1.36. The molecular weight excluding hydrogens is 228 g/mol. The van der Waals surface area contributed by atoms with Crippen molar-refractivity contribution >= 4 is 11.6 Å². The molecule has 5 heteroatoms. The van der Waals surface area contributed by atoms with E-state index in [1.54, 1.807) is 13.4 Å². The zero-order valence-corrected chi connectivity index (χ0v) is 11.2. The lowest BCUT2D eigenvalue weighted by Crippen LogP contribution is -2.37. The first-order valence-corrected chi connectivity index (χ1v) is 6.67. The molecule has 0 unspecified atom stereocenters. The summed E-state index contributed by atoms with van der Waals surface area (Å²) in [7, 11) is 1.79. The van der Waals surface area contributed by atoms with E-state index in [1.807, 2.05) is 6.07 Å². The number of hydrogen-bond donors (Lipinski definition) is 1. The van der Waals surface area contributed by atoms with Crippen molar-refractivity contribution in [1.29, 1.82) is 0 Å². The van der Waals surface area contributed by atoms with Crippen molar-refractivity contribution in [3.63, 3.8) is 0 Å². The monoisotopic (exact) mass is 250 g/mol. The minimum Gasteiger partial charge on any atom is -0.381 e. The number of rotatable bonds is 5. The maximum Gasteiger partial charge on any atom is 0.134 e. The van der Waals surface area contributed by atoms with Crippen LogP contribution in [-0.2, 0) is 4.74 Å². The molecule has 0 amide bonds. The molecule has 1 fully saturated rings. The first-order valence-electron chi connectivity index (χ1n) is 6.67. The Morgan fingerprint density at radius 1 is 1.39 bits per heavy atom. The molecule has 1 aliphatic rings. The van der Waals surface area contributed by atoms with Crippen LogP contribution in [0.4, 0.5) is 11.6 Å². The number of nitrogens with one attached hydrogen (secondary N) is 1. The number of piperidine rings is 1. The predicted molar refractivity (Wildman–Crippen MR) is 73.1 cm³/mol. The van der Waals surface area contributed by atoms with Gasteiger partial charge in [-0.25, -0.2) is 9.97 Å². The summed E-state index contributed by atoms with van der Waals surface area (Å²) >= 11 is 0. The van der Waals surface area contributed by atoms with Gasteiger partial charge in [-0.15, -0.1) is 0 Å². The Labute approximate surface area is 109 Å². The van der Waals surface area contributed by atoms with Crippen molar-refractivity contribution in [3.05, 3.63) is 12.4 Å². The summed E-state index contributed by atoms with van der Waals surface area (Å²) in [5.41, 5.74) is 0. The largest absolute Gasteiger partial charge is 0.381 e. The fourth-order valence-corrected chi connectivity index (χ4v) is 2.19. The third-order valence-electron chi connectivity index (χ3n) is 3.31. The molecule has 1 aromatic rings. The molecule has 18 heavy (non-hydrogen) atoms. The van der Waals surface area contributed by atoms with Gasteiger partial charge in [0.05, 0.1) is 6.10 Å². The Morgan fingerprint density at radius 2 is 2.17 bits per heavy atom. The van der Waals surface area contributed by atoms with Gasteiger partial charge >= 0.3 is 0 Å². The quantitative estimate of drug-likeness (QED) is 0.865. The standard InChI is InChI=1S/C13H22N4O/c1-3-6-14-12-9-13(16-10-15-12)17-7-4-11(18-2)5-8-17/h9-11H,3-8H2,1-2H3,(H,14,15,16). The minimum absolute atomic E-state index is 0.403. The Balaban J connectivity index is 1.96. The van der Waals surface area contributed by atoms with Gasteiger partial charge in [0, 0.05) is 32.8 Å². The van der Waals surface area contributed by atoms with Crippen LogP contribution in [0.5, 0.6) is 0 Å². The maximum absolute atomic E-state index is 5.38. The van der Waals surface area contributed by atoms with Gasteiger partial charge in [0.2, 0.25) is 0 Å². The zero-order chi connectivity index (χ0) is 12.8. The van der Waals surface area contributed by atoms with Crippen molar-refractivity contribution in [3.8, 4) is 0 Å². The van der Waals surface area contributed by atoms with E-state index >= 15 is 0 Å². The van der Waals surface area contributed by atoms with Gasteiger partial charge in [-0.1, -0.05) is 6.92 Å². The topological polar surface area (TPSA) is 50.3 Å². The van der Waals surface area contributed by atoms with Gasteiger partial charge in [-0.3, -0.25) is 0 Å². The third-order valence-corrected chi connectivity index (χ3v) is 3.31. The molecule has 0 radical (unpaired) electrons. The van der Waals surface area contributed by atoms with E-state index in [4.69, 9.17) is 4.74 Å². The number of aromatic nitrogens is 2. The molecule has 0 spiro atoms. The molecule has 5 nitrogen and oxygen atoms in total. The number of hydrogen-bond acceptors (Lipinski definition) is 5. The molecule has 1 aliphatic heterocycles. The molecule has 0 aliphatic carbocycles. The van der Waals surface area contributed by atoms with Gasteiger partial charge in [0.15, 0.2) is 0 Å². The van der Waals surface area contributed by atoms with E-state index in [9.17, 15) is 0 Å². The lowest BCUT2D eigenvalue weighted by molar-refractivity contribution is 0.0818. The smallest absolute Gasteiger partial charge is 0.134 e. The number of nitrogens with zero attached hydrogens (tertiary/aromatic N) is 3. The fourth-order valence-electron chi connectivity index (χ4n) is 2.19. The summed E-state index contributed by atoms with van der Waals surface area (Å²) < 4.78 is 5.38. The minimum atomic E-state index is 0.403. The van der Waals surface area contributed by atoms with E-state index in [-0.39, 0.29) is 0 Å². The molecule has 100 valence electrons. The second-order valence-corrected chi connectivity index (χ2v) is 4.61. The highest BCUT2D eigenvalue weighted by molar-refractivity contribution is 5.48. The average Bonchev–Trinajstić information content (AvgIpc) is 2.45. The van der Waals surface area contributed by atoms with Crippen molar-refractivity contribution in [2.75, 3.05) is 37.0 Å². The van der Waals surface area contributed by atoms with Crippen LogP contribution in [0, 0.1) is 0 Å². The first kappa shape index (κ1) is 13.1. The van der Waals surface area contributed by atoms with Crippen LogP contribution < -0.4 is 10.2 Å². The Morgan fingerprint density at radius 3 is 2.83 bits per heavy atom. The van der Waals surface area contributed by atoms with Gasteiger partial charge < -0.3 is 15.0 Å². The van der Waals surface area contributed by atoms with E-state index in [0.717, 1.165) is 50.5 Å². The highest BCUT2D eigenvalue weighted by Crippen LogP contribution is 2.20. The van der Waals surface area contributed by atoms with E-state index < -0.39 is 0 Å². The molecule has 2 heterocycles. The first-order chi connectivity index (χ1) is 8.83. The second-order valence-electron chi connectivity index (χ2n) is 4.61. The van der Waals surface area contributed by atoms with Crippen LogP contribution in [0.1, 0.15) is 26.2 Å². The molecule has 0 bridgehead atoms. The molecule has 0 aromatic carbocycles. The summed E-state index contributed by atoms with van der Waals surface area (Å²) in [6.45, 7) is 5.10. The molecule has 2 rings (SSSR count). The fraction of sp³-hybridized carbons (Fsp3) is 0.692. The summed E-state index contributed by atoms with van der Waals surface area (Å²) in [4.78, 5) is 10.9. The van der Waals surface area contributed by atoms with Gasteiger partial charge in [-0.05, 0) is 19.3 Å². The number of methoxy groups -OCH3 is 1. The van der Waals surface area contributed by atoms with Crippen molar-refractivity contribution < 1.29 is 4.74 Å². The normalized spacial score (nSPS) is 16.9. The lowest BCUT2D eigenvalue weighted by atomic mass is 10.1. The molecule has 0 saturated carbocycles. The molecule has 1 saturated heterocycles. The van der Waals surface area contributed by atoms with Crippen LogP contribution in [0.3, 0.4) is 0 Å². The summed E-state index contributed by atoms with van der Waals surface area (Å²) in [6.07, 6.45) is 5.27. The third kappa shape index (κ3) is 3.32. The average molecular weight is 250 g/mol. The lowest BCUT2D eigenvalue weighted by Gasteiger charge is -2.32. The van der Waals surface area contributed by atoms with Crippen LogP contribution in [0.2, 0.25) is 0 Å². The number of anilines is 2. The van der Waals surface area contributed by atoms with E-state index in [2.05, 4.69) is 27.1 Å². The van der Waals surface area contributed by atoms with Crippen molar-refractivity contribution in [1.82, 2.24) is 9.97 Å². The highest BCUT2D eigenvalue weighted by Gasteiger charge is 2.19. The summed E-state index contributed by atoms with van der Waals surface area (Å²) in [5, 5.41) is 3.29. The van der Waals surface area contributed by atoms with E-state index in [1.165, 1.54) is 0 Å². The van der Waals surface area contributed by atoms with Gasteiger partial charge in [0.1, 0.15) is 18.0 Å². The SMILES string of the molecule is CCCNc1cc(N2CCC(OC)CC2)ncn1. The van der Waals surface area contributed by atoms with Crippen LogP contribution >= 0.6 is 0 Å². The maximum atomic E-state index is 5.38. The Bertz CT molecular complexity index is 364. The van der Waals surface area contributed by atoms with Gasteiger partial charge in [0.25, 0.3) is 0 Å². The second kappa shape index (κ2) is 6.54. The summed E-state index contributed by atoms with van der Waals surface area (Å²) in [6, 6.07) is 2.03. The van der Waals surface area contributed by atoms with E-state index in [0.29, 0.717) is 6.10 Å².